The number of benzene rings is 2. The Hall–Kier alpha value is -2.54. The smallest absolute Gasteiger partial charge is 0.418 e. The lowest BCUT2D eigenvalue weighted by atomic mass is 10.0. The van der Waals surface area contributed by atoms with Gasteiger partial charge in [0.15, 0.2) is 11.5 Å². The Kier molecular flexibility index (Phi) is 8.63. The van der Waals surface area contributed by atoms with Crippen LogP contribution in [-0.4, -0.2) is 9.97 Å². The molecule has 0 atom stereocenters. The van der Waals surface area contributed by atoms with E-state index in [0.29, 0.717) is 0 Å². The molecule has 41 heavy (non-hydrogen) atoms. The maximum Gasteiger partial charge on any atom is 0.418 e. The number of hydrogen-bond donors (Lipinski definition) is 2. The van der Waals surface area contributed by atoms with Gasteiger partial charge in [-0.15, -0.1) is 0 Å². The van der Waals surface area contributed by atoms with E-state index in [0.717, 1.165) is 36.7 Å². The van der Waals surface area contributed by atoms with Crippen LogP contribution in [0.4, 0.5) is 37.7 Å². The topological polar surface area (TPSA) is 87.0 Å². The normalized spacial score (nSPS) is 12.1. The van der Waals surface area contributed by atoms with Crippen molar-refractivity contribution < 1.29 is 31.1 Å². The number of ether oxygens (including phenoxy) is 1. The first-order valence-corrected chi connectivity index (χ1v) is 12.9. The number of hydrogen-bond acceptors (Lipinski definition) is 5. The van der Waals surface area contributed by atoms with Gasteiger partial charge in [0, 0.05) is 23.5 Å². The molecule has 0 aliphatic heterocycles. The van der Waals surface area contributed by atoms with Crippen molar-refractivity contribution in [2.75, 3.05) is 11.5 Å². The fourth-order valence-electron chi connectivity index (χ4n) is 3.72. The Labute approximate surface area is 256 Å². The highest BCUT2D eigenvalue weighted by molar-refractivity contribution is 6.49. The molecule has 2 heterocycles. The molecule has 2 aromatic heterocycles. The average Bonchev–Trinajstić information content (AvgIpc) is 2.90. The summed E-state index contributed by atoms with van der Waals surface area (Å²) >= 11 is 37.9. The quantitative estimate of drug-likeness (QED) is 0.126. The van der Waals surface area contributed by atoms with Gasteiger partial charge in [0.1, 0.15) is 10.0 Å². The molecule has 0 bridgehead atoms. The number of halogens is 12. The zero-order chi connectivity index (χ0) is 30.6. The molecule has 0 fully saturated rings. The third kappa shape index (κ3) is 5.63. The molecule has 0 unspecified atom stereocenters. The fraction of sp³-hybridized carbons (Fsp3) is 0.0833. The summed E-state index contributed by atoms with van der Waals surface area (Å²) in [4.78, 5) is 7.51. The molecule has 5 nitrogen and oxygen atoms in total. The first-order chi connectivity index (χ1) is 19.0. The second-order valence-electron chi connectivity index (χ2n) is 8.02. The summed E-state index contributed by atoms with van der Waals surface area (Å²) in [6, 6.07) is 3.53. The minimum atomic E-state index is -4.89. The minimum Gasteiger partial charge on any atom is -0.451 e. The highest BCUT2D eigenvalue weighted by Crippen LogP contribution is 2.56. The largest absolute Gasteiger partial charge is 0.451 e. The summed E-state index contributed by atoms with van der Waals surface area (Å²) < 4.78 is 88.4. The second kappa shape index (κ2) is 11.3. The van der Waals surface area contributed by atoms with E-state index in [1.54, 1.807) is 0 Å². The molecule has 4 aromatic rings. The van der Waals surface area contributed by atoms with E-state index in [9.17, 15) is 26.3 Å². The van der Waals surface area contributed by atoms with Crippen LogP contribution in [0, 0.1) is 0 Å². The molecular formula is C24H10Cl6F6N4O. The Morgan fingerprint density at radius 3 is 1.22 bits per heavy atom. The molecule has 17 heteroatoms. The van der Waals surface area contributed by atoms with E-state index >= 15 is 0 Å². The third-order valence-electron chi connectivity index (χ3n) is 5.54. The molecule has 4 rings (SSSR count). The lowest BCUT2D eigenvalue weighted by Gasteiger charge is -2.22. The van der Waals surface area contributed by atoms with E-state index < -0.39 is 99.0 Å². The summed E-state index contributed by atoms with van der Waals surface area (Å²) in [5.41, 5.74) is 6.11. The van der Waals surface area contributed by atoms with E-state index in [2.05, 4.69) is 9.97 Å². The van der Waals surface area contributed by atoms with Gasteiger partial charge in [-0.25, -0.2) is 0 Å². The first-order valence-electron chi connectivity index (χ1n) is 10.6. The number of pyridine rings is 2. The van der Waals surface area contributed by atoms with Crippen molar-refractivity contribution in [1.82, 2.24) is 9.97 Å². The van der Waals surface area contributed by atoms with Crippen molar-refractivity contribution in [3.8, 4) is 34.0 Å². The van der Waals surface area contributed by atoms with Gasteiger partial charge in [0.05, 0.1) is 54.0 Å². The molecule has 0 aliphatic carbocycles. The zero-order valence-electron chi connectivity index (χ0n) is 19.5. The molecule has 216 valence electrons. The van der Waals surface area contributed by atoms with E-state index in [1.807, 2.05) is 0 Å². The van der Waals surface area contributed by atoms with Gasteiger partial charge < -0.3 is 16.2 Å². The number of nitrogens with zero attached hydrogens (tertiary/aromatic N) is 2. The number of nitrogens with two attached hydrogens (primary N) is 2. The van der Waals surface area contributed by atoms with Gasteiger partial charge in [-0.1, -0.05) is 69.6 Å². The maximum absolute atomic E-state index is 13.8. The molecule has 0 saturated carbocycles. The van der Waals surface area contributed by atoms with Gasteiger partial charge in [-0.2, -0.15) is 26.3 Å². The standard InChI is InChI=1S/C24H10Cl6F6N4O/c25-11-9(19-7(23(31,32)33)3-1-5-39-19)17(37)13(27)15(29)21(11)41-22-12(26)10(18(38)14(28)16(22)30)20-8(24(34,35)36)4-2-6-40-20/h1-6H,37-38H2. The number of rotatable bonds is 4. The van der Waals surface area contributed by atoms with Crippen LogP contribution in [0.25, 0.3) is 22.5 Å². The summed E-state index contributed by atoms with van der Waals surface area (Å²) in [7, 11) is 0. The van der Waals surface area contributed by atoms with Gasteiger partial charge in [-0.05, 0) is 24.3 Å². The van der Waals surface area contributed by atoms with Crippen LogP contribution in [0.2, 0.25) is 30.1 Å². The van der Waals surface area contributed by atoms with Crippen LogP contribution < -0.4 is 16.2 Å². The van der Waals surface area contributed by atoms with Crippen molar-refractivity contribution in [3.63, 3.8) is 0 Å². The van der Waals surface area contributed by atoms with Crippen molar-refractivity contribution in [2.24, 2.45) is 0 Å². The van der Waals surface area contributed by atoms with Crippen LogP contribution in [0.1, 0.15) is 11.1 Å². The Morgan fingerprint density at radius 1 is 0.561 bits per heavy atom. The molecule has 4 N–H and O–H groups in total. The third-order valence-corrected chi connectivity index (χ3v) is 7.96. The second-order valence-corrected chi connectivity index (χ2v) is 10.3. The highest BCUT2D eigenvalue weighted by Gasteiger charge is 2.38. The van der Waals surface area contributed by atoms with E-state index in [1.165, 1.54) is 0 Å². The monoisotopic (exact) mass is 694 g/mol. The highest BCUT2D eigenvalue weighted by atomic mass is 35.5. The minimum absolute atomic E-state index is 0.477. The molecule has 0 amide bonds. The van der Waals surface area contributed by atoms with Crippen molar-refractivity contribution in [2.45, 2.75) is 12.4 Å². The predicted molar refractivity (Wildman–Crippen MR) is 148 cm³/mol. The number of alkyl halides is 6. The van der Waals surface area contributed by atoms with Crippen LogP contribution >= 0.6 is 69.6 Å². The van der Waals surface area contributed by atoms with E-state index in [-0.39, 0.29) is 0 Å². The van der Waals surface area contributed by atoms with Crippen molar-refractivity contribution in [3.05, 3.63) is 77.9 Å². The Balaban J connectivity index is 2.02. The van der Waals surface area contributed by atoms with Crippen LogP contribution in [0.5, 0.6) is 11.5 Å². The van der Waals surface area contributed by atoms with Gasteiger partial charge >= 0.3 is 12.4 Å². The van der Waals surface area contributed by atoms with E-state index in [4.69, 9.17) is 85.8 Å². The maximum atomic E-state index is 13.8. The van der Waals surface area contributed by atoms with Crippen LogP contribution in [-0.2, 0) is 12.4 Å². The predicted octanol–water partition coefficient (Wildman–Crippen LogP) is 10.7. The summed E-state index contributed by atoms with van der Waals surface area (Å²) in [6.07, 6.45) is -7.68. The lowest BCUT2D eigenvalue weighted by Crippen LogP contribution is -2.10. The summed E-state index contributed by atoms with van der Waals surface area (Å²) in [6.45, 7) is 0. The zero-order valence-corrected chi connectivity index (χ0v) is 24.0. The molecule has 0 aliphatic rings. The lowest BCUT2D eigenvalue weighted by molar-refractivity contribution is -0.138. The number of anilines is 2. The van der Waals surface area contributed by atoms with Gasteiger partial charge in [0.2, 0.25) is 0 Å². The van der Waals surface area contributed by atoms with Gasteiger partial charge in [0.25, 0.3) is 0 Å². The summed E-state index contributed by atoms with van der Waals surface area (Å²) in [5.74, 6) is -1.23. The fourth-order valence-corrected chi connectivity index (χ4v) is 5.30. The average molecular weight is 697 g/mol. The van der Waals surface area contributed by atoms with Crippen molar-refractivity contribution in [1.29, 1.82) is 0 Å². The molecule has 2 aromatic carbocycles. The number of aromatic nitrogens is 2. The Bertz CT molecular complexity index is 1570. The van der Waals surface area contributed by atoms with Crippen molar-refractivity contribution >= 4 is 81.0 Å². The summed E-state index contributed by atoms with van der Waals surface area (Å²) in [5, 5.41) is -3.21. The van der Waals surface area contributed by atoms with Crippen LogP contribution in [0.3, 0.4) is 0 Å². The number of nitrogen functional groups attached to an aromatic ring is 2. The van der Waals surface area contributed by atoms with Crippen LogP contribution in [0.15, 0.2) is 36.7 Å². The first kappa shape index (κ1) is 31.4. The molecule has 0 radical (unpaired) electrons. The molecule has 0 saturated heterocycles. The SMILES string of the molecule is Nc1c(Cl)c(Cl)c(Oc2c(Cl)c(Cl)c(N)c(-c3ncccc3C(F)(F)F)c2Cl)c(Cl)c1-c1ncccc1C(F)(F)F. The molecule has 0 spiro atoms. The Morgan fingerprint density at radius 2 is 0.902 bits per heavy atom. The molecular weight excluding hydrogens is 687 g/mol. The van der Waals surface area contributed by atoms with Gasteiger partial charge in [-0.3, -0.25) is 9.97 Å².